The van der Waals surface area contributed by atoms with Crippen LogP contribution in [0.3, 0.4) is 0 Å². The van der Waals surface area contributed by atoms with E-state index in [4.69, 9.17) is 4.74 Å². The topological polar surface area (TPSA) is 111 Å². The summed E-state index contributed by atoms with van der Waals surface area (Å²) in [5, 5.41) is 14.7. The monoisotopic (exact) mass is 253 g/mol. The zero-order valence-electron chi connectivity index (χ0n) is 9.50. The van der Waals surface area contributed by atoms with E-state index in [0.29, 0.717) is 0 Å². The summed E-state index contributed by atoms with van der Waals surface area (Å²) in [5.41, 5.74) is -0.140. The predicted octanol–water partition coefficient (Wildman–Crippen LogP) is 0.429. The number of hydrogen-bond donors (Lipinski definition) is 2. The van der Waals surface area contributed by atoms with Crippen molar-refractivity contribution in [3.8, 4) is 5.75 Å². The Morgan fingerprint density at radius 2 is 2.17 bits per heavy atom. The standard InChI is InChI=1S/C10H11N3O5/c1-11-10(15)12-9(14)6-18-8-4-2-3-7(5-8)13(16)17/h2-5H,6H2,1H3,(H2,11,12,14,15). The molecule has 0 bridgehead atoms. The highest BCUT2D eigenvalue weighted by Gasteiger charge is 2.09. The zero-order chi connectivity index (χ0) is 13.5. The van der Waals surface area contributed by atoms with Gasteiger partial charge in [-0.05, 0) is 6.07 Å². The number of rotatable bonds is 4. The molecule has 18 heavy (non-hydrogen) atoms. The van der Waals surface area contributed by atoms with Crippen LogP contribution < -0.4 is 15.4 Å². The number of nitrogens with one attached hydrogen (secondary N) is 2. The van der Waals surface area contributed by atoms with Gasteiger partial charge in [0.05, 0.1) is 11.0 Å². The lowest BCUT2D eigenvalue weighted by molar-refractivity contribution is -0.384. The molecule has 0 heterocycles. The summed E-state index contributed by atoms with van der Waals surface area (Å²) in [6, 6.07) is 4.75. The molecule has 0 aliphatic rings. The van der Waals surface area contributed by atoms with Gasteiger partial charge < -0.3 is 10.1 Å². The number of amides is 3. The molecule has 2 N–H and O–H groups in total. The van der Waals surface area contributed by atoms with E-state index in [2.05, 4.69) is 5.32 Å². The van der Waals surface area contributed by atoms with Crippen LogP contribution >= 0.6 is 0 Å². The first kappa shape index (κ1) is 13.4. The second kappa shape index (κ2) is 6.18. The number of urea groups is 1. The third-order valence-corrected chi connectivity index (χ3v) is 1.88. The van der Waals surface area contributed by atoms with E-state index in [0.717, 1.165) is 0 Å². The van der Waals surface area contributed by atoms with Crippen molar-refractivity contribution >= 4 is 17.6 Å². The Morgan fingerprint density at radius 1 is 1.44 bits per heavy atom. The Hall–Kier alpha value is -2.64. The van der Waals surface area contributed by atoms with E-state index >= 15 is 0 Å². The fourth-order valence-corrected chi connectivity index (χ4v) is 1.06. The third kappa shape index (κ3) is 4.08. The molecule has 0 fully saturated rings. The number of carbonyl (C=O) groups excluding carboxylic acids is 2. The minimum atomic E-state index is -0.652. The van der Waals surface area contributed by atoms with Gasteiger partial charge in [0.2, 0.25) is 0 Å². The molecule has 0 aromatic heterocycles. The Bertz CT molecular complexity index is 474. The van der Waals surface area contributed by atoms with Gasteiger partial charge in [-0.15, -0.1) is 0 Å². The molecule has 1 aromatic carbocycles. The van der Waals surface area contributed by atoms with E-state index < -0.39 is 23.5 Å². The first-order chi connectivity index (χ1) is 8.52. The van der Waals surface area contributed by atoms with E-state index in [1.165, 1.54) is 31.3 Å². The fraction of sp³-hybridized carbons (Fsp3) is 0.200. The van der Waals surface area contributed by atoms with Crippen LogP contribution in [0.4, 0.5) is 10.5 Å². The predicted molar refractivity (Wildman–Crippen MR) is 61.2 cm³/mol. The lowest BCUT2D eigenvalue weighted by atomic mass is 10.3. The lowest BCUT2D eigenvalue weighted by Gasteiger charge is -2.06. The van der Waals surface area contributed by atoms with Crippen LogP contribution in [0.15, 0.2) is 24.3 Å². The van der Waals surface area contributed by atoms with Crippen LogP contribution in [-0.4, -0.2) is 30.5 Å². The molecule has 0 saturated carbocycles. The summed E-state index contributed by atoms with van der Waals surface area (Å²) in [6.07, 6.45) is 0. The molecule has 0 unspecified atom stereocenters. The highest BCUT2D eigenvalue weighted by Crippen LogP contribution is 2.18. The summed E-state index contributed by atoms with van der Waals surface area (Å²) in [6.45, 7) is -0.408. The van der Waals surface area contributed by atoms with Gasteiger partial charge in [-0.3, -0.25) is 20.2 Å². The summed E-state index contributed by atoms with van der Waals surface area (Å²) in [4.78, 5) is 31.9. The van der Waals surface area contributed by atoms with Crippen molar-refractivity contribution in [2.24, 2.45) is 0 Å². The van der Waals surface area contributed by atoms with Crippen molar-refractivity contribution < 1.29 is 19.2 Å². The van der Waals surface area contributed by atoms with Gasteiger partial charge >= 0.3 is 6.03 Å². The molecule has 8 heteroatoms. The minimum Gasteiger partial charge on any atom is -0.484 e. The van der Waals surface area contributed by atoms with E-state index in [1.54, 1.807) is 0 Å². The number of nitrogens with zero attached hydrogens (tertiary/aromatic N) is 1. The van der Waals surface area contributed by atoms with Gasteiger partial charge in [0, 0.05) is 13.1 Å². The number of hydrogen-bond acceptors (Lipinski definition) is 5. The Balaban J connectivity index is 2.53. The zero-order valence-corrected chi connectivity index (χ0v) is 9.50. The Morgan fingerprint density at radius 3 is 2.78 bits per heavy atom. The molecule has 1 rings (SSSR count). The fourth-order valence-electron chi connectivity index (χ4n) is 1.06. The summed E-state index contributed by atoms with van der Waals surface area (Å²) >= 11 is 0. The molecule has 1 aromatic rings. The molecule has 0 spiro atoms. The van der Waals surface area contributed by atoms with Crippen LogP contribution in [0, 0.1) is 10.1 Å². The Kier molecular flexibility index (Phi) is 4.61. The van der Waals surface area contributed by atoms with Crippen molar-refractivity contribution in [3.63, 3.8) is 0 Å². The smallest absolute Gasteiger partial charge is 0.321 e. The Labute approximate surface area is 102 Å². The molecular weight excluding hydrogens is 242 g/mol. The van der Waals surface area contributed by atoms with Crippen molar-refractivity contribution in [2.75, 3.05) is 13.7 Å². The van der Waals surface area contributed by atoms with Gasteiger partial charge in [0.25, 0.3) is 11.6 Å². The molecule has 3 amide bonds. The number of benzene rings is 1. The molecule has 0 atom stereocenters. The average molecular weight is 253 g/mol. The SMILES string of the molecule is CNC(=O)NC(=O)COc1cccc([N+](=O)[O-])c1. The second-order valence-corrected chi connectivity index (χ2v) is 3.17. The van der Waals surface area contributed by atoms with Crippen LogP contribution in [0.1, 0.15) is 0 Å². The number of nitro groups is 1. The van der Waals surface area contributed by atoms with Crippen LogP contribution in [0.2, 0.25) is 0 Å². The van der Waals surface area contributed by atoms with E-state index in [1.807, 2.05) is 5.32 Å². The molecule has 0 radical (unpaired) electrons. The molecule has 0 aliphatic carbocycles. The largest absolute Gasteiger partial charge is 0.484 e. The molecule has 0 saturated heterocycles. The van der Waals surface area contributed by atoms with Gasteiger partial charge in [-0.1, -0.05) is 6.07 Å². The van der Waals surface area contributed by atoms with Crippen molar-refractivity contribution in [2.45, 2.75) is 0 Å². The van der Waals surface area contributed by atoms with Gasteiger partial charge in [-0.2, -0.15) is 0 Å². The first-order valence-electron chi connectivity index (χ1n) is 4.91. The quantitative estimate of drug-likeness (QED) is 0.597. The minimum absolute atomic E-state index is 0.140. The van der Waals surface area contributed by atoms with E-state index in [-0.39, 0.29) is 11.4 Å². The summed E-state index contributed by atoms with van der Waals surface area (Å²) < 4.78 is 5.01. The number of carbonyl (C=O) groups is 2. The highest BCUT2D eigenvalue weighted by molar-refractivity contribution is 5.94. The maximum Gasteiger partial charge on any atom is 0.321 e. The molecular formula is C10H11N3O5. The highest BCUT2D eigenvalue weighted by atomic mass is 16.6. The number of non-ortho nitro benzene ring substituents is 1. The van der Waals surface area contributed by atoms with Gasteiger partial charge in [0.1, 0.15) is 5.75 Å². The maximum atomic E-state index is 11.2. The molecule has 0 aliphatic heterocycles. The summed E-state index contributed by atoms with van der Waals surface area (Å²) in [5.74, 6) is -0.475. The average Bonchev–Trinajstić information content (AvgIpc) is 2.36. The number of imide groups is 1. The van der Waals surface area contributed by atoms with Crippen molar-refractivity contribution in [1.29, 1.82) is 0 Å². The first-order valence-corrected chi connectivity index (χ1v) is 4.91. The van der Waals surface area contributed by atoms with E-state index in [9.17, 15) is 19.7 Å². The molecule has 8 nitrogen and oxygen atoms in total. The number of ether oxygens (including phenoxy) is 1. The normalized spacial score (nSPS) is 9.39. The molecule has 96 valence electrons. The van der Waals surface area contributed by atoms with Gasteiger partial charge in [0.15, 0.2) is 6.61 Å². The van der Waals surface area contributed by atoms with Gasteiger partial charge in [-0.25, -0.2) is 4.79 Å². The van der Waals surface area contributed by atoms with Crippen LogP contribution in [-0.2, 0) is 4.79 Å². The van der Waals surface area contributed by atoms with Crippen molar-refractivity contribution in [3.05, 3.63) is 34.4 Å². The third-order valence-electron chi connectivity index (χ3n) is 1.88. The second-order valence-electron chi connectivity index (χ2n) is 3.17. The van der Waals surface area contributed by atoms with Crippen molar-refractivity contribution in [1.82, 2.24) is 10.6 Å². The lowest BCUT2D eigenvalue weighted by Crippen LogP contribution is -2.39. The van der Waals surface area contributed by atoms with Crippen LogP contribution in [0.5, 0.6) is 5.75 Å². The summed E-state index contributed by atoms with van der Waals surface area (Å²) in [7, 11) is 1.37. The van der Waals surface area contributed by atoms with Crippen LogP contribution in [0.25, 0.3) is 0 Å². The number of nitro benzene ring substituents is 1. The maximum absolute atomic E-state index is 11.2.